The number of anilines is 1. The SMILES string of the molecule is CCOc1cc(/C=C2/NC(=O)N(c3cccc(Cl)c3)C2=O)cc(Br)c1OCc1ccc(F)cc1. The van der Waals surface area contributed by atoms with Crippen LogP contribution in [0.3, 0.4) is 0 Å². The number of hydrogen-bond acceptors (Lipinski definition) is 4. The second kappa shape index (κ2) is 10.3. The molecule has 1 N–H and O–H groups in total. The van der Waals surface area contributed by atoms with Crippen LogP contribution in [-0.2, 0) is 11.4 Å². The molecular formula is C25H19BrClFN2O4. The molecule has 1 saturated heterocycles. The second-order valence-corrected chi connectivity index (χ2v) is 8.58. The lowest BCUT2D eigenvalue weighted by Crippen LogP contribution is -2.30. The number of amides is 3. The first-order chi connectivity index (χ1) is 16.4. The van der Waals surface area contributed by atoms with Gasteiger partial charge in [0.05, 0.1) is 16.8 Å². The van der Waals surface area contributed by atoms with Gasteiger partial charge in [-0.05, 0) is 82.5 Å². The molecule has 0 spiro atoms. The maximum atomic E-state index is 13.1. The highest BCUT2D eigenvalue weighted by atomic mass is 79.9. The van der Waals surface area contributed by atoms with Gasteiger partial charge in [-0.15, -0.1) is 0 Å². The van der Waals surface area contributed by atoms with E-state index >= 15 is 0 Å². The van der Waals surface area contributed by atoms with Crippen LogP contribution in [0.15, 0.2) is 70.8 Å². The molecule has 4 rings (SSSR count). The first kappa shape index (κ1) is 23.8. The molecule has 0 atom stereocenters. The van der Waals surface area contributed by atoms with Gasteiger partial charge in [-0.1, -0.05) is 29.8 Å². The van der Waals surface area contributed by atoms with Crippen molar-refractivity contribution in [3.05, 3.63) is 92.8 Å². The van der Waals surface area contributed by atoms with Gasteiger partial charge in [0.2, 0.25) is 0 Å². The van der Waals surface area contributed by atoms with Crippen molar-refractivity contribution in [2.45, 2.75) is 13.5 Å². The van der Waals surface area contributed by atoms with Crippen LogP contribution < -0.4 is 19.7 Å². The van der Waals surface area contributed by atoms with Crippen LogP contribution in [0.5, 0.6) is 11.5 Å². The van der Waals surface area contributed by atoms with Crippen molar-refractivity contribution in [1.82, 2.24) is 5.32 Å². The molecule has 0 radical (unpaired) electrons. The summed E-state index contributed by atoms with van der Waals surface area (Å²) in [6.07, 6.45) is 1.56. The Morgan fingerprint density at radius 2 is 1.85 bits per heavy atom. The van der Waals surface area contributed by atoms with Crippen LogP contribution in [0.2, 0.25) is 5.02 Å². The predicted molar refractivity (Wildman–Crippen MR) is 131 cm³/mol. The fourth-order valence-corrected chi connectivity index (χ4v) is 4.12. The van der Waals surface area contributed by atoms with Gasteiger partial charge in [0.15, 0.2) is 11.5 Å². The van der Waals surface area contributed by atoms with Gasteiger partial charge in [-0.2, -0.15) is 0 Å². The van der Waals surface area contributed by atoms with E-state index in [9.17, 15) is 14.0 Å². The van der Waals surface area contributed by atoms with Crippen molar-refractivity contribution >= 4 is 51.2 Å². The minimum Gasteiger partial charge on any atom is -0.490 e. The Balaban J connectivity index is 1.60. The van der Waals surface area contributed by atoms with E-state index in [1.165, 1.54) is 12.1 Å². The molecule has 0 saturated carbocycles. The van der Waals surface area contributed by atoms with Crippen molar-refractivity contribution in [2.75, 3.05) is 11.5 Å². The van der Waals surface area contributed by atoms with E-state index in [0.717, 1.165) is 10.5 Å². The molecular weight excluding hydrogens is 527 g/mol. The molecule has 1 heterocycles. The standard InChI is InChI=1S/C25H19BrClFN2O4/c1-2-33-22-12-16(10-20(26)23(22)34-14-15-6-8-18(28)9-7-15)11-21-24(31)30(25(32)29-21)19-5-3-4-17(27)13-19/h3-13H,2,14H2,1H3,(H,29,32)/b21-11+. The minimum absolute atomic E-state index is 0.110. The van der Waals surface area contributed by atoms with E-state index in [1.807, 2.05) is 6.92 Å². The lowest BCUT2D eigenvalue weighted by atomic mass is 10.1. The number of carbonyl (C=O) groups excluding carboxylic acids is 2. The Morgan fingerprint density at radius 1 is 1.09 bits per heavy atom. The summed E-state index contributed by atoms with van der Waals surface area (Å²) in [4.78, 5) is 26.4. The van der Waals surface area contributed by atoms with Crippen molar-refractivity contribution in [2.24, 2.45) is 0 Å². The number of rotatable bonds is 7. The number of benzene rings is 3. The maximum absolute atomic E-state index is 13.1. The normalized spacial score (nSPS) is 14.5. The molecule has 1 aliphatic rings. The molecule has 6 nitrogen and oxygen atoms in total. The summed E-state index contributed by atoms with van der Waals surface area (Å²) in [7, 11) is 0. The molecule has 0 aliphatic carbocycles. The van der Waals surface area contributed by atoms with Gasteiger partial charge in [0.1, 0.15) is 18.1 Å². The van der Waals surface area contributed by atoms with Crippen LogP contribution in [0.4, 0.5) is 14.9 Å². The van der Waals surface area contributed by atoms with Gasteiger partial charge in [0, 0.05) is 5.02 Å². The zero-order valence-corrected chi connectivity index (χ0v) is 20.3. The largest absolute Gasteiger partial charge is 0.490 e. The van der Waals surface area contributed by atoms with Crippen molar-refractivity contribution in [1.29, 1.82) is 0 Å². The molecule has 0 unspecified atom stereocenters. The molecule has 34 heavy (non-hydrogen) atoms. The first-order valence-electron chi connectivity index (χ1n) is 10.3. The number of ether oxygens (including phenoxy) is 2. The molecule has 3 aromatic carbocycles. The van der Waals surface area contributed by atoms with E-state index in [1.54, 1.807) is 54.6 Å². The Labute approximate surface area is 209 Å². The first-order valence-corrected chi connectivity index (χ1v) is 11.5. The number of urea groups is 1. The van der Waals surface area contributed by atoms with Gasteiger partial charge in [-0.25, -0.2) is 14.1 Å². The highest BCUT2D eigenvalue weighted by molar-refractivity contribution is 9.10. The molecule has 0 aromatic heterocycles. The molecule has 3 aromatic rings. The summed E-state index contributed by atoms with van der Waals surface area (Å²) in [5.41, 5.74) is 1.89. The van der Waals surface area contributed by atoms with Gasteiger partial charge < -0.3 is 14.8 Å². The van der Waals surface area contributed by atoms with E-state index in [2.05, 4.69) is 21.2 Å². The number of hydrogen-bond donors (Lipinski definition) is 1. The molecule has 1 fully saturated rings. The van der Waals surface area contributed by atoms with Gasteiger partial charge >= 0.3 is 6.03 Å². The highest BCUT2D eigenvalue weighted by Crippen LogP contribution is 2.38. The Morgan fingerprint density at radius 3 is 2.56 bits per heavy atom. The number of nitrogens with zero attached hydrogens (tertiary/aromatic N) is 1. The van der Waals surface area contributed by atoms with Crippen LogP contribution in [-0.4, -0.2) is 18.5 Å². The van der Waals surface area contributed by atoms with Crippen LogP contribution in [0.1, 0.15) is 18.1 Å². The summed E-state index contributed by atoms with van der Waals surface area (Å²) in [6.45, 7) is 2.44. The maximum Gasteiger partial charge on any atom is 0.333 e. The average molecular weight is 546 g/mol. The van der Waals surface area contributed by atoms with Crippen molar-refractivity contribution in [3.8, 4) is 11.5 Å². The third-order valence-electron chi connectivity index (χ3n) is 4.88. The number of imide groups is 1. The van der Waals surface area contributed by atoms with E-state index in [0.29, 0.717) is 38.9 Å². The highest BCUT2D eigenvalue weighted by Gasteiger charge is 2.35. The Kier molecular flexibility index (Phi) is 7.19. The third kappa shape index (κ3) is 5.24. The van der Waals surface area contributed by atoms with Crippen LogP contribution in [0, 0.1) is 5.82 Å². The van der Waals surface area contributed by atoms with E-state index in [-0.39, 0.29) is 18.1 Å². The molecule has 1 aliphatic heterocycles. The van der Waals surface area contributed by atoms with Crippen LogP contribution in [0.25, 0.3) is 6.08 Å². The third-order valence-corrected chi connectivity index (χ3v) is 5.71. The summed E-state index contributed by atoms with van der Waals surface area (Å²) in [6, 6.07) is 15.4. The summed E-state index contributed by atoms with van der Waals surface area (Å²) in [5, 5.41) is 3.01. The second-order valence-electron chi connectivity index (χ2n) is 7.29. The van der Waals surface area contributed by atoms with E-state index in [4.69, 9.17) is 21.1 Å². The fraction of sp³-hybridized carbons (Fsp3) is 0.120. The smallest absolute Gasteiger partial charge is 0.333 e. The Bertz CT molecular complexity index is 1280. The lowest BCUT2D eigenvalue weighted by molar-refractivity contribution is -0.113. The lowest BCUT2D eigenvalue weighted by Gasteiger charge is -2.15. The summed E-state index contributed by atoms with van der Waals surface area (Å²) in [5.74, 6) is 0.0998. The molecule has 174 valence electrons. The average Bonchev–Trinajstić information content (AvgIpc) is 3.07. The summed E-state index contributed by atoms with van der Waals surface area (Å²) >= 11 is 9.50. The zero-order chi connectivity index (χ0) is 24.2. The number of nitrogens with one attached hydrogen (secondary N) is 1. The van der Waals surface area contributed by atoms with Crippen molar-refractivity contribution in [3.63, 3.8) is 0 Å². The van der Waals surface area contributed by atoms with Gasteiger partial charge in [-0.3, -0.25) is 4.79 Å². The van der Waals surface area contributed by atoms with Crippen molar-refractivity contribution < 1.29 is 23.5 Å². The Hall–Kier alpha value is -3.36. The minimum atomic E-state index is -0.568. The molecule has 9 heteroatoms. The number of carbonyl (C=O) groups is 2. The van der Waals surface area contributed by atoms with E-state index < -0.39 is 11.9 Å². The fourth-order valence-electron chi connectivity index (χ4n) is 3.36. The molecule has 0 bridgehead atoms. The predicted octanol–water partition coefficient (Wildman–Crippen LogP) is 6.32. The topological polar surface area (TPSA) is 67.9 Å². The quantitative estimate of drug-likeness (QED) is 0.279. The number of halogens is 3. The molecule has 3 amide bonds. The van der Waals surface area contributed by atoms with Gasteiger partial charge in [0.25, 0.3) is 5.91 Å². The zero-order valence-electron chi connectivity index (χ0n) is 18.0. The van der Waals surface area contributed by atoms with Crippen LogP contribution >= 0.6 is 27.5 Å². The summed E-state index contributed by atoms with van der Waals surface area (Å²) < 4.78 is 25.4. The monoisotopic (exact) mass is 544 g/mol.